The summed E-state index contributed by atoms with van der Waals surface area (Å²) in [6, 6.07) is 6.62. The quantitative estimate of drug-likeness (QED) is 0.580. The summed E-state index contributed by atoms with van der Waals surface area (Å²) >= 11 is 4.43. The minimum absolute atomic E-state index is 0.0922. The van der Waals surface area contributed by atoms with Gasteiger partial charge in [-0.2, -0.15) is 12.6 Å². The molecule has 0 bridgehead atoms. The summed E-state index contributed by atoms with van der Waals surface area (Å²) in [4.78, 5) is 1.79. The smallest absolute Gasteiger partial charge is 0.127 e. The third kappa shape index (κ3) is 4.99. The minimum atomic E-state index is -0.535. The second kappa shape index (κ2) is 8.41. The average Bonchev–Trinajstić information content (AvgIpc) is 2.99. The highest BCUT2D eigenvalue weighted by molar-refractivity contribution is 7.81. The molecule has 0 unspecified atom stereocenters. The maximum atomic E-state index is 14.0. The van der Waals surface area contributed by atoms with Crippen molar-refractivity contribution in [3.05, 3.63) is 70.8 Å². The molecule has 2 nitrogen and oxygen atoms in total. The second-order valence-electron chi connectivity index (χ2n) is 6.64. The van der Waals surface area contributed by atoms with Gasteiger partial charge in [-0.25, -0.2) is 17.6 Å². The number of nitrogens with zero attached hydrogens (tertiary/aromatic N) is 1. The van der Waals surface area contributed by atoms with Gasteiger partial charge in [-0.05, 0) is 42.8 Å². The number of hydrogen-bond donors (Lipinski definition) is 2. The Bertz CT molecular complexity index is 718. The van der Waals surface area contributed by atoms with E-state index >= 15 is 0 Å². The molecule has 2 aromatic rings. The van der Waals surface area contributed by atoms with Crippen molar-refractivity contribution >= 4 is 12.6 Å². The molecule has 1 heterocycles. The molecule has 2 aromatic carbocycles. The number of benzene rings is 2. The number of halogens is 4. The molecule has 1 N–H and O–H groups in total. The van der Waals surface area contributed by atoms with Crippen molar-refractivity contribution in [3.63, 3.8) is 0 Å². The highest BCUT2D eigenvalue weighted by atomic mass is 32.1. The van der Waals surface area contributed by atoms with Gasteiger partial charge in [0.05, 0.1) is 0 Å². The summed E-state index contributed by atoms with van der Waals surface area (Å²) in [7, 11) is 0. The van der Waals surface area contributed by atoms with E-state index in [4.69, 9.17) is 0 Å². The van der Waals surface area contributed by atoms with E-state index in [2.05, 4.69) is 17.9 Å². The molecule has 140 valence electrons. The van der Waals surface area contributed by atoms with Gasteiger partial charge in [0.25, 0.3) is 0 Å². The summed E-state index contributed by atoms with van der Waals surface area (Å²) in [6.45, 7) is 1.43. The third-order valence-corrected chi connectivity index (χ3v) is 4.87. The maximum absolute atomic E-state index is 14.0. The molecule has 1 aliphatic heterocycles. The van der Waals surface area contributed by atoms with Gasteiger partial charge in [0.1, 0.15) is 23.3 Å². The largest absolute Gasteiger partial charge is 0.312 e. The SMILES string of the molecule is Fc1ccc(F)c(CN(Cc2cc(F)ccc2F)C[C@@H]2C[C@@H](S)CN2)c1. The van der Waals surface area contributed by atoms with Crippen LogP contribution in [0.25, 0.3) is 0 Å². The van der Waals surface area contributed by atoms with E-state index < -0.39 is 23.3 Å². The molecule has 0 saturated carbocycles. The predicted octanol–water partition coefficient (Wildman–Crippen LogP) is 3.91. The summed E-state index contributed by atoms with van der Waals surface area (Å²) in [6.07, 6.45) is 0.816. The second-order valence-corrected chi connectivity index (χ2v) is 7.37. The van der Waals surface area contributed by atoms with Crippen molar-refractivity contribution < 1.29 is 17.6 Å². The molecular weight excluding hydrogens is 364 g/mol. The molecular formula is C19H20F4N2S. The zero-order valence-electron chi connectivity index (χ0n) is 14.1. The first-order valence-electron chi connectivity index (χ1n) is 8.42. The van der Waals surface area contributed by atoms with Crippen molar-refractivity contribution in [2.75, 3.05) is 13.1 Å². The van der Waals surface area contributed by atoms with Crippen LogP contribution in [0.3, 0.4) is 0 Å². The number of thiol groups is 1. The molecule has 26 heavy (non-hydrogen) atoms. The molecule has 0 radical (unpaired) electrons. The Morgan fingerprint density at radius 1 is 0.923 bits per heavy atom. The lowest BCUT2D eigenvalue weighted by Gasteiger charge is -2.26. The van der Waals surface area contributed by atoms with Crippen LogP contribution < -0.4 is 5.32 Å². The van der Waals surface area contributed by atoms with Crippen LogP contribution >= 0.6 is 12.6 Å². The monoisotopic (exact) mass is 384 g/mol. The lowest BCUT2D eigenvalue weighted by Crippen LogP contribution is -2.37. The van der Waals surface area contributed by atoms with Crippen LogP contribution in [0.5, 0.6) is 0 Å². The van der Waals surface area contributed by atoms with Crippen LogP contribution in [0.1, 0.15) is 17.5 Å². The molecule has 0 spiro atoms. The molecule has 0 aromatic heterocycles. The van der Waals surface area contributed by atoms with Crippen molar-refractivity contribution in [2.45, 2.75) is 30.8 Å². The van der Waals surface area contributed by atoms with Crippen LogP contribution in [0.15, 0.2) is 36.4 Å². The zero-order chi connectivity index (χ0) is 18.7. The standard InChI is InChI=1S/C19H20F4N2S/c20-14-1-3-18(22)12(5-14)9-25(11-16-7-17(26)8-24-16)10-13-6-15(21)2-4-19(13)23/h1-6,16-17,24,26H,7-11H2/t16-,17+/m0/s1. The van der Waals surface area contributed by atoms with Crippen molar-refractivity contribution in [2.24, 2.45) is 0 Å². The molecule has 1 saturated heterocycles. The summed E-state index contributed by atoms with van der Waals surface area (Å²) in [5, 5.41) is 3.53. The van der Waals surface area contributed by atoms with Gasteiger partial charge in [0.2, 0.25) is 0 Å². The Balaban J connectivity index is 1.81. The van der Waals surface area contributed by atoms with Crippen molar-refractivity contribution in [1.82, 2.24) is 10.2 Å². The van der Waals surface area contributed by atoms with Crippen LogP contribution in [0, 0.1) is 23.3 Å². The van der Waals surface area contributed by atoms with E-state index in [0.29, 0.717) is 6.54 Å². The highest BCUT2D eigenvalue weighted by Crippen LogP contribution is 2.20. The maximum Gasteiger partial charge on any atom is 0.127 e. The van der Waals surface area contributed by atoms with Gasteiger partial charge >= 0.3 is 0 Å². The first-order chi connectivity index (χ1) is 12.4. The number of hydrogen-bond acceptors (Lipinski definition) is 3. The molecule has 0 amide bonds. The van der Waals surface area contributed by atoms with E-state index in [9.17, 15) is 17.6 Å². The lowest BCUT2D eigenvalue weighted by molar-refractivity contribution is 0.226. The van der Waals surface area contributed by atoms with Gasteiger partial charge in [-0.1, -0.05) is 0 Å². The fourth-order valence-electron chi connectivity index (χ4n) is 3.24. The highest BCUT2D eigenvalue weighted by Gasteiger charge is 2.24. The van der Waals surface area contributed by atoms with E-state index in [0.717, 1.165) is 49.4 Å². The minimum Gasteiger partial charge on any atom is -0.312 e. The average molecular weight is 384 g/mol. The summed E-state index contributed by atoms with van der Waals surface area (Å²) in [5.74, 6) is -2.12. The van der Waals surface area contributed by atoms with Crippen molar-refractivity contribution in [3.8, 4) is 0 Å². The molecule has 1 aliphatic rings. The van der Waals surface area contributed by atoms with E-state index in [1.807, 2.05) is 0 Å². The van der Waals surface area contributed by atoms with Crippen LogP contribution in [0.4, 0.5) is 17.6 Å². The van der Waals surface area contributed by atoms with Crippen LogP contribution in [0.2, 0.25) is 0 Å². The van der Waals surface area contributed by atoms with E-state index in [-0.39, 0.29) is 35.5 Å². The Kier molecular flexibility index (Phi) is 6.21. The predicted molar refractivity (Wildman–Crippen MR) is 96.0 cm³/mol. The topological polar surface area (TPSA) is 15.3 Å². The molecule has 2 atom stereocenters. The number of nitrogens with one attached hydrogen (secondary N) is 1. The first kappa shape index (κ1) is 19.2. The molecule has 3 rings (SSSR count). The molecule has 0 aliphatic carbocycles. The normalized spacial score (nSPS) is 20.1. The third-order valence-electron chi connectivity index (χ3n) is 4.48. The lowest BCUT2D eigenvalue weighted by atomic mass is 10.1. The van der Waals surface area contributed by atoms with E-state index in [1.165, 1.54) is 0 Å². The Morgan fingerprint density at radius 2 is 1.46 bits per heavy atom. The zero-order valence-corrected chi connectivity index (χ0v) is 15.0. The van der Waals surface area contributed by atoms with Crippen molar-refractivity contribution in [1.29, 1.82) is 0 Å². The van der Waals surface area contributed by atoms with Crippen LogP contribution in [-0.2, 0) is 13.1 Å². The van der Waals surface area contributed by atoms with Gasteiger partial charge in [0, 0.05) is 48.6 Å². The van der Waals surface area contributed by atoms with Crippen LogP contribution in [-0.4, -0.2) is 29.3 Å². The summed E-state index contributed by atoms with van der Waals surface area (Å²) in [5.41, 5.74) is 0.365. The van der Waals surface area contributed by atoms with E-state index in [1.54, 1.807) is 4.90 Å². The fourth-order valence-corrected chi connectivity index (χ4v) is 3.60. The first-order valence-corrected chi connectivity index (χ1v) is 8.94. The van der Waals surface area contributed by atoms with Gasteiger partial charge in [-0.3, -0.25) is 4.90 Å². The number of rotatable bonds is 6. The fraction of sp³-hybridized carbons (Fsp3) is 0.368. The Labute approximate surface area is 155 Å². The molecule has 7 heteroatoms. The Hall–Kier alpha value is -1.57. The summed E-state index contributed by atoms with van der Waals surface area (Å²) < 4.78 is 55.0. The van der Waals surface area contributed by atoms with Gasteiger partial charge in [0.15, 0.2) is 0 Å². The molecule has 1 fully saturated rings. The Morgan fingerprint density at radius 3 is 1.92 bits per heavy atom. The van der Waals surface area contributed by atoms with Gasteiger partial charge in [-0.15, -0.1) is 0 Å². The van der Waals surface area contributed by atoms with Gasteiger partial charge < -0.3 is 5.32 Å².